The number of halogens is 2. The van der Waals surface area contributed by atoms with E-state index in [0.717, 1.165) is 22.2 Å². The summed E-state index contributed by atoms with van der Waals surface area (Å²) in [5.74, 6) is -2.73. The SMILES string of the molecule is CC(C)(C)OC(=O)N1CCOC[C@H]1c1cc(B2OC(C)(C)C(C)(C)O2)cc2c1CN(C(=O)N1CCC(F)(F)CC1)CC2. The topological polar surface area (TPSA) is 80.8 Å². The molecule has 0 spiro atoms. The van der Waals surface area contributed by atoms with Gasteiger partial charge in [0.05, 0.1) is 30.5 Å². The monoisotopic (exact) mass is 591 g/mol. The molecule has 232 valence electrons. The molecular formula is C30H44BF2N3O6. The zero-order valence-corrected chi connectivity index (χ0v) is 25.9. The van der Waals surface area contributed by atoms with E-state index in [-0.39, 0.29) is 38.6 Å². The molecule has 1 aromatic rings. The lowest BCUT2D eigenvalue weighted by Gasteiger charge is -2.41. The molecule has 12 heteroatoms. The molecule has 3 fully saturated rings. The Kier molecular flexibility index (Phi) is 8.07. The molecule has 3 saturated heterocycles. The summed E-state index contributed by atoms with van der Waals surface area (Å²) in [5.41, 5.74) is 1.94. The fourth-order valence-corrected chi connectivity index (χ4v) is 5.92. The predicted octanol–water partition coefficient (Wildman–Crippen LogP) is 4.50. The number of likely N-dealkylation sites (tertiary alicyclic amines) is 1. The minimum absolute atomic E-state index is 0.0335. The summed E-state index contributed by atoms with van der Waals surface area (Å²) in [5, 5.41) is 0. The lowest BCUT2D eigenvalue weighted by Crippen LogP contribution is -2.51. The van der Waals surface area contributed by atoms with Crippen LogP contribution in [0.15, 0.2) is 12.1 Å². The van der Waals surface area contributed by atoms with Crippen LogP contribution in [0.3, 0.4) is 0 Å². The van der Waals surface area contributed by atoms with Crippen LogP contribution < -0.4 is 5.46 Å². The average Bonchev–Trinajstić information content (AvgIpc) is 3.12. The number of amides is 3. The van der Waals surface area contributed by atoms with Crippen molar-refractivity contribution in [3.63, 3.8) is 0 Å². The zero-order chi connectivity index (χ0) is 30.7. The van der Waals surface area contributed by atoms with Gasteiger partial charge in [-0.15, -0.1) is 0 Å². The van der Waals surface area contributed by atoms with E-state index in [0.29, 0.717) is 32.7 Å². The van der Waals surface area contributed by atoms with Crippen molar-refractivity contribution in [3.8, 4) is 0 Å². The lowest BCUT2D eigenvalue weighted by atomic mass is 9.74. The largest absolute Gasteiger partial charge is 0.494 e. The Bertz CT molecular complexity index is 1190. The van der Waals surface area contributed by atoms with Crippen molar-refractivity contribution in [2.75, 3.05) is 39.4 Å². The van der Waals surface area contributed by atoms with Gasteiger partial charge < -0.3 is 28.6 Å². The van der Waals surface area contributed by atoms with Gasteiger partial charge in [0.25, 0.3) is 5.92 Å². The van der Waals surface area contributed by atoms with Gasteiger partial charge in [0.2, 0.25) is 0 Å². The van der Waals surface area contributed by atoms with Crippen molar-refractivity contribution in [1.82, 2.24) is 14.7 Å². The number of rotatable bonds is 2. The number of fused-ring (bicyclic) bond motifs is 1. The smallest absolute Gasteiger partial charge is 0.444 e. The Morgan fingerprint density at radius 3 is 2.24 bits per heavy atom. The zero-order valence-electron chi connectivity index (χ0n) is 25.9. The fraction of sp³-hybridized carbons (Fsp3) is 0.733. The third kappa shape index (κ3) is 6.26. The van der Waals surface area contributed by atoms with Crippen LogP contribution in [0, 0.1) is 0 Å². The van der Waals surface area contributed by atoms with Gasteiger partial charge in [-0.1, -0.05) is 12.1 Å². The molecule has 4 heterocycles. The van der Waals surface area contributed by atoms with Crippen molar-refractivity contribution >= 4 is 24.7 Å². The summed E-state index contributed by atoms with van der Waals surface area (Å²) in [6, 6.07) is 3.40. The maximum atomic E-state index is 13.8. The molecule has 0 radical (unpaired) electrons. The number of carbonyl (C=O) groups excluding carboxylic acids is 2. The van der Waals surface area contributed by atoms with E-state index in [1.54, 1.807) is 9.80 Å². The molecule has 42 heavy (non-hydrogen) atoms. The second kappa shape index (κ2) is 10.9. The molecule has 1 atom stereocenters. The molecule has 5 rings (SSSR count). The highest BCUT2D eigenvalue weighted by atomic mass is 19.3. The molecule has 0 bridgehead atoms. The number of alkyl halides is 2. The molecule has 0 aromatic heterocycles. The molecule has 0 unspecified atom stereocenters. The molecule has 0 aliphatic carbocycles. The first-order valence-electron chi connectivity index (χ1n) is 15.0. The van der Waals surface area contributed by atoms with Crippen molar-refractivity contribution in [2.45, 2.75) is 103 Å². The molecule has 4 aliphatic rings. The van der Waals surface area contributed by atoms with Gasteiger partial charge in [-0.3, -0.25) is 4.90 Å². The lowest BCUT2D eigenvalue weighted by molar-refractivity contribution is -0.0494. The van der Waals surface area contributed by atoms with Crippen LogP contribution in [-0.2, 0) is 31.7 Å². The van der Waals surface area contributed by atoms with E-state index in [1.807, 2.05) is 54.5 Å². The number of nitrogens with zero attached hydrogens (tertiary/aromatic N) is 3. The van der Waals surface area contributed by atoms with Gasteiger partial charge in [-0.05, 0) is 77.0 Å². The molecule has 4 aliphatic heterocycles. The van der Waals surface area contributed by atoms with Crippen LogP contribution in [0.4, 0.5) is 18.4 Å². The summed E-state index contributed by atoms with van der Waals surface area (Å²) < 4.78 is 52.0. The number of morpholine rings is 1. The molecule has 3 amide bonds. The second-order valence-corrected chi connectivity index (χ2v) is 13.9. The standard InChI is InChI=1S/C30H44BF2N3O6/c1-27(2,3)40-26(38)36-14-15-39-19-24(36)22-17-21(31-41-28(4,5)29(6,7)42-31)16-20-8-11-35(18-23(20)22)25(37)34-12-9-30(32,33)10-13-34/h16-17,24H,8-15,18-19H2,1-7H3/t24-/m0/s1. The normalized spacial score (nSPS) is 25.3. The highest BCUT2D eigenvalue weighted by Crippen LogP contribution is 2.38. The summed E-state index contributed by atoms with van der Waals surface area (Å²) >= 11 is 0. The molecule has 9 nitrogen and oxygen atoms in total. The van der Waals surface area contributed by atoms with E-state index in [9.17, 15) is 18.4 Å². The van der Waals surface area contributed by atoms with Crippen LogP contribution in [-0.4, -0.2) is 96.1 Å². The summed E-state index contributed by atoms with van der Waals surface area (Å²) in [4.78, 5) is 31.8. The molecular weight excluding hydrogens is 547 g/mol. The number of hydrogen-bond donors (Lipinski definition) is 0. The van der Waals surface area contributed by atoms with Crippen molar-refractivity contribution in [1.29, 1.82) is 0 Å². The number of piperidine rings is 1. The van der Waals surface area contributed by atoms with Gasteiger partial charge in [-0.2, -0.15) is 0 Å². The van der Waals surface area contributed by atoms with Gasteiger partial charge >= 0.3 is 19.2 Å². The fourth-order valence-electron chi connectivity index (χ4n) is 5.92. The number of carbonyl (C=O) groups is 2. The number of urea groups is 1. The molecule has 1 aromatic carbocycles. The Morgan fingerprint density at radius 2 is 1.62 bits per heavy atom. The minimum atomic E-state index is -2.73. The van der Waals surface area contributed by atoms with E-state index < -0.39 is 42.0 Å². The van der Waals surface area contributed by atoms with Crippen molar-refractivity contribution in [3.05, 3.63) is 28.8 Å². The summed E-state index contributed by atoms with van der Waals surface area (Å²) in [7, 11) is -0.604. The van der Waals surface area contributed by atoms with Crippen LogP contribution in [0.1, 0.15) is 84.0 Å². The van der Waals surface area contributed by atoms with Crippen LogP contribution in [0.5, 0.6) is 0 Å². The maximum absolute atomic E-state index is 13.8. The minimum Gasteiger partial charge on any atom is -0.444 e. The number of hydrogen-bond acceptors (Lipinski definition) is 6. The van der Waals surface area contributed by atoms with E-state index >= 15 is 0 Å². The Balaban J connectivity index is 1.50. The van der Waals surface area contributed by atoms with Crippen LogP contribution >= 0.6 is 0 Å². The first-order valence-corrected chi connectivity index (χ1v) is 15.0. The first-order chi connectivity index (χ1) is 19.5. The van der Waals surface area contributed by atoms with E-state index in [1.165, 1.54) is 4.90 Å². The Hall–Kier alpha value is -2.44. The van der Waals surface area contributed by atoms with Gasteiger partial charge in [0, 0.05) is 45.6 Å². The average molecular weight is 592 g/mol. The number of ether oxygens (including phenoxy) is 2. The van der Waals surface area contributed by atoms with E-state index in [2.05, 4.69) is 6.07 Å². The first kappa shape index (κ1) is 31.0. The Morgan fingerprint density at radius 1 is 0.976 bits per heavy atom. The van der Waals surface area contributed by atoms with Gasteiger partial charge in [-0.25, -0.2) is 18.4 Å². The van der Waals surface area contributed by atoms with Crippen molar-refractivity contribution < 1.29 is 37.2 Å². The third-order valence-corrected chi connectivity index (χ3v) is 9.08. The van der Waals surface area contributed by atoms with E-state index in [4.69, 9.17) is 18.8 Å². The highest BCUT2D eigenvalue weighted by Gasteiger charge is 2.52. The number of benzene rings is 1. The quantitative estimate of drug-likeness (QED) is 0.472. The van der Waals surface area contributed by atoms with Gasteiger partial charge in [0.15, 0.2) is 0 Å². The summed E-state index contributed by atoms with van der Waals surface area (Å²) in [6.45, 7) is 15.4. The second-order valence-electron chi connectivity index (χ2n) is 13.9. The van der Waals surface area contributed by atoms with Crippen LogP contribution in [0.25, 0.3) is 0 Å². The molecule has 0 saturated carbocycles. The van der Waals surface area contributed by atoms with Gasteiger partial charge in [0.1, 0.15) is 5.60 Å². The maximum Gasteiger partial charge on any atom is 0.494 e. The highest BCUT2D eigenvalue weighted by molar-refractivity contribution is 6.62. The molecule has 0 N–H and O–H groups in total. The third-order valence-electron chi connectivity index (χ3n) is 9.08. The van der Waals surface area contributed by atoms with Crippen LogP contribution in [0.2, 0.25) is 0 Å². The van der Waals surface area contributed by atoms with Crippen molar-refractivity contribution in [2.24, 2.45) is 0 Å². The summed E-state index contributed by atoms with van der Waals surface area (Å²) in [6.07, 6.45) is -0.499. The predicted molar refractivity (Wildman–Crippen MR) is 154 cm³/mol. The Labute approximate surface area is 247 Å².